The average molecular weight is 283 g/mol. The van der Waals surface area contributed by atoms with Gasteiger partial charge in [-0.2, -0.15) is 5.26 Å². The summed E-state index contributed by atoms with van der Waals surface area (Å²) in [6.45, 7) is 0.175. The maximum absolute atomic E-state index is 11.1. The zero-order chi connectivity index (χ0) is 12.1. The van der Waals surface area contributed by atoms with E-state index < -0.39 is 0 Å². The summed E-state index contributed by atoms with van der Waals surface area (Å²) in [4.78, 5) is 12.8. The summed E-state index contributed by atoms with van der Waals surface area (Å²) >= 11 is 3.29. The van der Waals surface area contributed by atoms with Crippen LogP contribution >= 0.6 is 15.9 Å². The molecule has 1 rings (SSSR count). The van der Waals surface area contributed by atoms with Gasteiger partial charge in [0.25, 0.3) is 0 Å². The van der Waals surface area contributed by atoms with Gasteiger partial charge in [0.1, 0.15) is 12.6 Å². The Hall–Kier alpha value is -1.54. The van der Waals surface area contributed by atoms with Crippen LogP contribution in [0.5, 0.6) is 0 Å². The largest absolute Gasteiger partial charge is 0.468 e. The highest BCUT2D eigenvalue weighted by Gasteiger charge is 2.08. The Morgan fingerprint density at radius 3 is 2.81 bits per heavy atom. The van der Waals surface area contributed by atoms with E-state index >= 15 is 0 Å². The van der Waals surface area contributed by atoms with E-state index in [4.69, 9.17) is 5.26 Å². The maximum Gasteiger partial charge on any atom is 0.325 e. The Bertz CT molecular complexity index is 440. The number of hydrogen-bond acceptors (Lipinski definition) is 4. The van der Waals surface area contributed by atoms with E-state index in [0.717, 1.165) is 5.69 Å². The molecule has 0 bridgehead atoms. The number of nitriles is 1. The average Bonchev–Trinajstić information content (AvgIpc) is 2.28. The zero-order valence-corrected chi connectivity index (χ0v) is 10.6. The molecular weight excluding hydrogens is 272 g/mol. The highest BCUT2D eigenvalue weighted by Crippen LogP contribution is 2.22. The third-order valence-electron chi connectivity index (χ3n) is 2.11. The third-order valence-corrected chi connectivity index (χ3v) is 2.76. The molecule has 0 saturated carbocycles. The molecule has 0 aliphatic heterocycles. The van der Waals surface area contributed by atoms with Gasteiger partial charge >= 0.3 is 5.97 Å². The SMILES string of the molecule is COC(=O)CN(C)c1ccc(C#N)c(Br)c1. The van der Waals surface area contributed by atoms with Gasteiger partial charge in [0.05, 0.1) is 12.7 Å². The van der Waals surface area contributed by atoms with Gasteiger partial charge in [-0.05, 0) is 34.1 Å². The van der Waals surface area contributed by atoms with Gasteiger partial charge in [0.15, 0.2) is 0 Å². The Labute approximate surface area is 103 Å². The van der Waals surface area contributed by atoms with Crippen molar-refractivity contribution in [3.63, 3.8) is 0 Å². The molecule has 0 aromatic heterocycles. The monoisotopic (exact) mass is 282 g/mol. The summed E-state index contributed by atoms with van der Waals surface area (Å²) < 4.78 is 5.29. The normalized spacial score (nSPS) is 9.38. The van der Waals surface area contributed by atoms with E-state index in [-0.39, 0.29) is 12.5 Å². The molecule has 84 valence electrons. The van der Waals surface area contributed by atoms with E-state index in [1.54, 1.807) is 30.1 Å². The fourth-order valence-electron chi connectivity index (χ4n) is 1.18. The molecule has 0 N–H and O–H groups in total. The number of benzene rings is 1. The predicted octanol–water partition coefficient (Wildman–Crippen LogP) is 1.93. The minimum atomic E-state index is -0.303. The molecule has 0 aliphatic rings. The third kappa shape index (κ3) is 2.97. The molecule has 0 atom stereocenters. The molecule has 0 heterocycles. The number of methoxy groups -OCH3 is 1. The van der Waals surface area contributed by atoms with Gasteiger partial charge in [0.2, 0.25) is 0 Å². The number of carbonyl (C=O) groups is 1. The lowest BCUT2D eigenvalue weighted by molar-refractivity contribution is -0.138. The van der Waals surface area contributed by atoms with Crippen LogP contribution in [0.4, 0.5) is 5.69 Å². The van der Waals surface area contributed by atoms with Crippen molar-refractivity contribution in [2.45, 2.75) is 0 Å². The molecule has 5 heteroatoms. The number of anilines is 1. The predicted molar refractivity (Wildman–Crippen MR) is 64.1 cm³/mol. The van der Waals surface area contributed by atoms with Crippen LogP contribution in [-0.2, 0) is 9.53 Å². The quantitative estimate of drug-likeness (QED) is 0.795. The first-order chi connectivity index (χ1) is 7.58. The molecule has 0 aliphatic carbocycles. The summed E-state index contributed by atoms with van der Waals surface area (Å²) in [7, 11) is 3.13. The Morgan fingerprint density at radius 2 is 2.31 bits per heavy atom. The number of ether oxygens (including phenoxy) is 1. The number of esters is 1. The highest BCUT2D eigenvalue weighted by molar-refractivity contribution is 9.10. The van der Waals surface area contributed by atoms with Crippen molar-refractivity contribution in [3.8, 4) is 6.07 Å². The van der Waals surface area contributed by atoms with Gasteiger partial charge < -0.3 is 9.64 Å². The summed E-state index contributed by atoms with van der Waals surface area (Å²) in [6.07, 6.45) is 0. The maximum atomic E-state index is 11.1. The molecule has 0 amide bonds. The summed E-state index contributed by atoms with van der Waals surface area (Å²) in [5.41, 5.74) is 1.41. The topological polar surface area (TPSA) is 53.3 Å². The number of carbonyl (C=O) groups excluding carboxylic acids is 1. The standard InChI is InChI=1S/C11H11BrN2O2/c1-14(7-11(15)16-2)9-4-3-8(6-13)10(12)5-9/h3-5H,7H2,1-2H3. The molecule has 0 fully saturated rings. The van der Waals surface area contributed by atoms with Crippen molar-refractivity contribution < 1.29 is 9.53 Å². The number of likely N-dealkylation sites (N-methyl/N-ethyl adjacent to an activating group) is 1. The second kappa shape index (κ2) is 5.52. The van der Waals surface area contributed by atoms with Crippen LogP contribution in [0.2, 0.25) is 0 Å². The number of halogens is 1. The van der Waals surface area contributed by atoms with Crippen molar-refractivity contribution in [1.82, 2.24) is 0 Å². The van der Waals surface area contributed by atoms with Crippen LogP contribution < -0.4 is 4.90 Å². The highest BCUT2D eigenvalue weighted by atomic mass is 79.9. The molecule has 16 heavy (non-hydrogen) atoms. The van der Waals surface area contributed by atoms with Crippen LogP contribution in [0.15, 0.2) is 22.7 Å². The molecular formula is C11H11BrN2O2. The lowest BCUT2D eigenvalue weighted by Gasteiger charge is -2.18. The number of rotatable bonds is 3. The van der Waals surface area contributed by atoms with E-state index in [9.17, 15) is 4.79 Å². The first-order valence-electron chi connectivity index (χ1n) is 4.56. The van der Waals surface area contributed by atoms with E-state index in [1.807, 2.05) is 0 Å². The lowest BCUT2D eigenvalue weighted by atomic mass is 10.2. The van der Waals surface area contributed by atoms with Crippen molar-refractivity contribution in [2.75, 3.05) is 25.6 Å². The van der Waals surface area contributed by atoms with Crippen LogP contribution in [0.3, 0.4) is 0 Å². The smallest absolute Gasteiger partial charge is 0.325 e. The van der Waals surface area contributed by atoms with Gasteiger partial charge in [-0.3, -0.25) is 4.79 Å². The molecule has 1 aromatic rings. The van der Waals surface area contributed by atoms with Gasteiger partial charge in [-0.25, -0.2) is 0 Å². The fourth-order valence-corrected chi connectivity index (χ4v) is 1.64. The van der Waals surface area contributed by atoms with Crippen molar-refractivity contribution >= 4 is 27.6 Å². The van der Waals surface area contributed by atoms with Crippen molar-refractivity contribution in [2.24, 2.45) is 0 Å². The van der Waals surface area contributed by atoms with Crippen molar-refractivity contribution in [3.05, 3.63) is 28.2 Å². The van der Waals surface area contributed by atoms with E-state index in [0.29, 0.717) is 10.0 Å². The van der Waals surface area contributed by atoms with Crippen LogP contribution in [0, 0.1) is 11.3 Å². The zero-order valence-electron chi connectivity index (χ0n) is 9.03. The van der Waals surface area contributed by atoms with Crippen molar-refractivity contribution in [1.29, 1.82) is 5.26 Å². The Morgan fingerprint density at radius 1 is 1.62 bits per heavy atom. The van der Waals surface area contributed by atoms with Crippen LogP contribution in [-0.4, -0.2) is 26.7 Å². The summed E-state index contributed by atoms with van der Waals surface area (Å²) in [6, 6.07) is 7.34. The minimum absolute atomic E-state index is 0.175. The minimum Gasteiger partial charge on any atom is -0.468 e. The molecule has 1 aromatic carbocycles. The fraction of sp³-hybridized carbons (Fsp3) is 0.273. The van der Waals surface area contributed by atoms with E-state index in [1.165, 1.54) is 7.11 Å². The second-order valence-corrected chi connectivity index (χ2v) is 4.06. The Balaban J connectivity index is 2.85. The summed E-state index contributed by atoms with van der Waals surface area (Å²) in [5.74, 6) is -0.303. The Kier molecular flexibility index (Phi) is 4.32. The molecule has 4 nitrogen and oxygen atoms in total. The van der Waals surface area contributed by atoms with Gasteiger partial charge in [-0.1, -0.05) is 0 Å². The van der Waals surface area contributed by atoms with Gasteiger partial charge in [-0.15, -0.1) is 0 Å². The van der Waals surface area contributed by atoms with Gasteiger partial charge in [0, 0.05) is 17.2 Å². The first kappa shape index (κ1) is 12.5. The lowest BCUT2D eigenvalue weighted by Crippen LogP contribution is -2.26. The number of hydrogen-bond donors (Lipinski definition) is 0. The first-order valence-corrected chi connectivity index (χ1v) is 5.35. The summed E-state index contributed by atoms with van der Waals surface area (Å²) in [5, 5.41) is 8.76. The van der Waals surface area contributed by atoms with Crippen LogP contribution in [0.1, 0.15) is 5.56 Å². The van der Waals surface area contributed by atoms with Crippen LogP contribution in [0.25, 0.3) is 0 Å². The number of nitrogens with zero attached hydrogens (tertiary/aromatic N) is 2. The molecule has 0 spiro atoms. The molecule has 0 radical (unpaired) electrons. The molecule has 0 unspecified atom stereocenters. The molecule has 0 saturated heterocycles. The van der Waals surface area contributed by atoms with E-state index in [2.05, 4.69) is 26.7 Å². The second-order valence-electron chi connectivity index (χ2n) is 3.21.